The molecule has 1 saturated carbocycles. The van der Waals surface area contributed by atoms with Crippen molar-refractivity contribution in [2.24, 2.45) is 11.5 Å². The second-order valence-corrected chi connectivity index (χ2v) is 5.67. The molecule has 2 amide bonds. The van der Waals surface area contributed by atoms with Crippen molar-refractivity contribution in [2.45, 2.75) is 37.8 Å². The summed E-state index contributed by atoms with van der Waals surface area (Å²) in [5.41, 5.74) is 12.3. The van der Waals surface area contributed by atoms with Crippen LogP contribution < -0.4 is 21.1 Å². The molecule has 1 aromatic rings. The van der Waals surface area contributed by atoms with Crippen LogP contribution in [0.3, 0.4) is 0 Å². The average Bonchev–Trinajstić information content (AvgIpc) is 2.48. The van der Waals surface area contributed by atoms with E-state index in [1.807, 2.05) is 0 Å². The topological polar surface area (TPSA) is 98.7 Å². The summed E-state index contributed by atoms with van der Waals surface area (Å²) in [6, 6.07) is 5.29. The van der Waals surface area contributed by atoms with Crippen LogP contribution in [0.4, 0.5) is 5.69 Å². The number of amides is 2. The molecule has 112 valence electrons. The number of anilines is 1. The van der Waals surface area contributed by atoms with E-state index in [9.17, 15) is 9.59 Å². The predicted molar refractivity (Wildman–Crippen MR) is 78.2 cm³/mol. The van der Waals surface area contributed by atoms with Crippen molar-refractivity contribution in [1.29, 1.82) is 0 Å². The van der Waals surface area contributed by atoms with E-state index >= 15 is 0 Å². The normalized spacial score (nSPS) is 25.2. The van der Waals surface area contributed by atoms with Crippen LogP contribution in [0, 0.1) is 0 Å². The zero-order valence-corrected chi connectivity index (χ0v) is 11.7. The number of nitrogens with two attached hydrogens (primary N) is 2. The minimum atomic E-state index is -0.513. The lowest BCUT2D eigenvalue weighted by molar-refractivity contribution is -0.122. The summed E-state index contributed by atoms with van der Waals surface area (Å²) < 4.78 is 5.44. The Labute approximate surface area is 123 Å². The lowest BCUT2D eigenvalue weighted by Gasteiger charge is -2.39. The van der Waals surface area contributed by atoms with Crippen LogP contribution in [-0.4, -0.2) is 30.5 Å². The summed E-state index contributed by atoms with van der Waals surface area (Å²) in [6.45, 7) is 0.0332. The third-order valence-electron chi connectivity index (χ3n) is 4.23. The monoisotopic (exact) mass is 289 g/mol. The molecule has 6 nitrogen and oxygen atoms in total. The van der Waals surface area contributed by atoms with Gasteiger partial charge in [-0.3, -0.25) is 9.59 Å². The summed E-state index contributed by atoms with van der Waals surface area (Å²) >= 11 is 0. The first-order chi connectivity index (χ1) is 10.1. The fourth-order valence-electron chi connectivity index (χ4n) is 3.08. The molecule has 0 spiro atoms. The molecule has 0 radical (unpaired) electrons. The Morgan fingerprint density at radius 1 is 1.24 bits per heavy atom. The number of ether oxygens (including phenoxy) is 1. The maximum absolute atomic E-state index is 12.3. The third kappa shape index (κ3) is 2.58. The molecule has 3 rings (SSSR count). The molecule has 2 aliphatic rings. The van der Waals surface area contributed by atoms with Gasteiger partial charge in [-0.2, -0.15) is 0 Å². The number of fused-ring (bicyclic) bond motifs is 1. The Morgan fingerprint density at radius 2 is 1.95 bits per heavy atom. The van der Waals surface area contributed by atoms with Crippen LogP contribution >= 0.6 is 0 Å². The van der Waals surface area contributed by atoms with E-state index in [1.54, 1.807) is 23.1 Å². The second-order valence-electron chi connectivity index (χ2n) is 5.67. The smallest absolute Gasteiger partial charge is 0.265 e. The van der Waals surface area contributed by atoms with Gasteiger partial charge in [0, 0.05) is 17.6 Å². The van der Waals surface area contributed by atoms with E-state index in [0.717, 1.165) is 25.7 Å². The first-order valence-electron chi connectivity index (χ1n) is 7.20. The molecule has 0 bridgehead atoms. The molecule has 0 aromatic heterocycles. The van der Waals surface area contributed by atoms with Crippen LogP contribution in [0.2, 0.25) is 0 Å². The first kappa shape index (κ1) is 13.9. The molecule has 21 heavy (non-hydrogen) atoms. The SMILES string of the molecule is NC(=O)c1ccc2c(c1)N(C1CCC(N)CC1)C(=O)CO2. The van der Waals surface area contributed by atoms with Gasteiger partial charge in [0.2, 0.25) is 5.91 Å². The van der Waals surface area contributed by atoms with Crippen molar-refractivity contribution in [2.75, 3.05) is 11.5 Å². The van der Waals surface area contributed by atoms with Gasteiger partial charge in [-0.1, -0.05) is 0 Å². The number of hydrogen-bond acceptors (Lipinski definition) is 4. The molecular formula is C15H19N3O3. The third-order valence-corrected chi connectivity index (χ3v) is 4.23. The van der Waals surface area contributed by atoms with Crippen LogP contribution in [0.15, 0.2) is 18.2 Å². The highest BCUT2D eigenvalue weighted by Crippen LogP contribution is 2.37. The van der Waals surface area contributed by atoms with Crippen LogP contribution in [0.1, 0.15) is 36.0 Å². The zero-order valence-electron chi connectivity index (χ0n) is 11.7. The second kappa shape index (κ2) is 5.37. The minimum absolute atomic E-state index is 0.0332. The van der Waals surface area contributed by atoms with Crippen molar-refractivity contribution in [3.05, 3.63) is 23.8 Å². The quantitative estimate of drug-likeness (QED) is 0.840. The highest BCUT2D eigenvalue weighted by atomic mass is 16.5. The standard InChI is InChI=1S/C15H19N3O3/c16-10-2-4-11(5-3-10)18-12-7-9(15(17)20)1-6-13(12)21-8-14(18)19/h1,6-7,10-11H,2-5,8,16H2,(H2,17,20). The number of carbonyl (C=O) groups excluding carboxylic acids is 2. The van der Waals surface area contributed by atoms with E-state index < -0.39 is 5.91 Å². The van der Waals surface area contributed by atoms with Gasteiger partial charge in [0.15, 0.2) is 6.61 Å². The van der Waals surface area contributed by atoms with E-state index in [1.165, 1.54) is 0 Å². The van der Waals surface area contributed by atoms with E-state index in [0.29, 0.717) is 17.0 Å². The Morgan fingerprint density at radius 3 is 2.62 bits per heavy atom. The number of rotatable bonds is 2. The highest BCUT2D eigenvalue weighted by molar-refractivity contribution is 6.01. The maximum atomic E-state index is 12.3. The fourth-order valence-corrected chi connectivity index (χ4v) is 3.08. The van der Waals surface area contributed by atoms with Gasteiger partial charge in [-0.25, -0.2) is 0 Å². The number of hydrogen-bond donors (Lipinski definition) is 2. The zero-order chi connectivity index (χ0) is 15.0. The van der Waals surface area contributed by atoms with E-state index in [-0.39, 0.29) is 24.6 Å². The van der Waals surface area contributed by atoms with Gasteiger partial charge in [0.25, 0.3) is 5.91 Å². The molecule has 4 N–H and O–H groups in total. The molecule has 1 aromatic carbocycles. The largest absolute Gasteiger partial charge is 0.482 e. The molecule has 0 saturated heterocycles. The van der Waals surface area contributed by atoms with Crippen molar-refractivity contribution in [3.8, 4) is 5.75 Å². The van der Waals surface area contributed by atoms with Gasteiger partial charge in [0.1, 0.15) is 5.75 Å². The summed E-state index contributed by atoms with van der Waals surface area (Å²) in [5.74, 6) is 0.0282. The lowest BCUT2D eigenvalue weighted by Crippen LogP contribution is -2.48. The Bertz CT molecular complexity index is 580. The molecule has 1 heterocycles. The molecule has 6 heteroatoms. The number of primary amides is 1. The lowest BCUT2D eigenvalue weighted by atomic mass is 9.90. The summed E-state index contributed by atoms with van der Waals surface area (Å²) in [5, 5.41) is 0. The Kier molecular flexibility index (Phi) is 3.55. The molecular weight excluding hydrogens is 270 g/mol. The molecule has 0 atom stereocenters. The average molecular weight is 289 g/mol. The van der Waals surface area contributed by atoms with Gasteiger partial charge in [-0.15, -0.1) is 0 Å². The summed E-state index contributed by atoms with van der Waals surface area (Å²) in [4.78, 5) is 25.4. The predicted octanol–water partition coefficient (Wildman–Crippen LogP) is 0.781. The van der Waals surface area contributed by atoms with Crippen LogP contribution in [0.5, 0.6) is 5.75 Å². The van der Waals surface area contributed by atoms with Crippen molar-refractivity contribution in [3.63, 3.8) is 0 Å². The molecule has 1 aliphatic carbocycles. The number of benzene rings is 1. The fraction of sp³-hybridized carbons (Fsp3) is 0.467. The Balaban J connectivity index is 1.95. The van der Waals surface area contributed by atoms with Crippen LogP contribution in [0.25, 0.3) is 0 Å². The van der Waals surface area contributed by atoms with Gasteiger partial charge in [0.05, 0.1) is 5.69 Å². The molecule has 1 fully saturated rings. The maximum Gasteiger partial charge on any atom is 0.265 e. The summed E-state index contributed by atoms with van der Waals surface area (Å²) in [6.07, 6.45) is 3.54. The number of nitrogens with zero attached hydrogens (tertiary/aromatic N) is 1. The van der Waals surface area contributed by atoms with Crippen molar-refractivity contribution >= 4 is 17.5 Å². The van der Waals surface area contributed by atoms with E-state index in [2.05, 4.69) is 0 Å². The van der Waals surface area contributed by atoms with Crippen molar-refractivity contribution in [1.82, 2.24) is 0 Å². The summed E-state index contributed by atoms with van der Waals surface area (Å²) in [7, 11) is 0. The van der Waals surface area contributed by atoms with Crippen LogP contribution in [-0.2, 0) is 4.79 Å². The number of carbonyl (C=O) groups is 2. The molecule has 0 unspecified atom stereocenters. The van der Waals surface area contributed by atoms with Gasteiger partial charge in [-0.05, 0) is 43.9 Å². The Hall–Kier alpha value is -2.08. The van der Waals surface area contributed by atoms with Gasteiger partial charge < -0.3 is 21.1 Å². The first-order valence-corrected chi connectivity index (χ1v) is 7.20. The van der Waals surface area contributed by atoms with Gasteiger partial charge >= 0.3 is 0 Å². The minimum Gasteiger partial charge on any atom is -0.482 e. The highest BCUT2D eigenvalue weighted by Gasteiger charge is 2.34. The van der Waals surface area contributed by atoms with E-state index in [4.69, 9.17) is 16.2 Å². The van der Waals surface area contributed by atoms with Crippen molar-refractivity contribution < 1.29 is 14.3 Å². The molecule has 1 aliphatic heterocycles.